The lowest BCUT2D eigenvalue weighted by Gasteiger charge is -2.06. The number of carboxylic acids is 1. The third-order valence-corrected chi connectivity index (χ3v) is 1.72. The van der Waals surface area contributed by atoms with Gasteiger partial charge in [0.15, 0.2) is 0 Å². The summed E-state index contributed by atoms with van der Waals surface area (Å²) in [6, 6.07) is 4.87. The van der Waals surface area contributed by atoms with Gasteiger partial charge in [-0.15, -0.1) is 0 Å². The SMILES string of the molecule is C=COc1cccc(C(=O)O)c1C. The van der Waals surface area contributed by atoms with E-state index in [4.69, 9.17) is 9.84 Å². The number of aromatic carboxylic acids is 1. The number of carboxylic acid groups (broad SMARTS) is 1. The normalized spacial score (nSPS) is 9.31. The number of ether oxygens (including phenoxy) is 1. The van der Waals surface area contributed by atoms with Gasteiger partial charge in [-0.1, -0.05) is 12.6 Å². The molecule has 1 aromatic rings. The zero-order valence-corrected chi connectivity index (χ0v) is 7.28. The Balaban J connectivity index is 3.17. The first-order chi connectivity index (χ1) is 6.16. The molecule has 1 rings (SSSR count). The Hall–Kier alpha value is -1.77. The van der Waals surface area contributed by atoms with Crippen LogP contribution in [-0.4, -0.2) is 11.1 Å². The van der Waals surface area contributed by atoms with Gasteiger partial charge in [0.2, 0.25) is 0 Å². The van der Waals surface area contributed by atoms with E-state index in [0.29, 0.717) is 11.3 Å². The Labute approximate surface area is 76.3 Å². The van der Waals surface area contributed by atoms with Gasteiger partial charge in [-0.3, -0.25) is 0 Å². The summed E-state index contributed by atoms with van der Waals surface area (Å²) in [5.74, 6) is -0.429. The van der Waals surface area contributed by atoms with Gasteiger partial charge in [-0.25, -0.2) is 4.79 Å². The highest BCUT2D eigenvalue weighted by Gasteiger charge is 2.09. The summed E-state index contributed by atoms with van der Waals surface area (Å²) in [5, 5.41) is 8.78. The van der Waals surface area contributed by atoms with E-state index in [0.717, 1.165) is 0 Å². The molecule has 0 radical (unpaired) electrons. The molecule has 3 nitrogen and oxygen atoms in total. The minimum Gasteiger partial charge on any atom is -0.478 e. The van der Waals surface area contributed by atoms with Crippen LogP contribution in [0.3, 0.4) is 0 Å². The van der Waals surface area contributed by atoms with Gasteiger partial charge in [0.1, 0.15) is 5.75 Å². The lowest BCUT2D eigenvalue weighted by molar-refractivity contribution is 0.0695. The first-order valence-corrected chi connectivity index (χ1v) is 3.77. The van der Waals surface area contributed by atoms with Crippen molar-refractivity contribution in [2.45, 2.75) is 6.92 Å². The molecule has 0 spiro atoms. The molecule has 0 aliphatic carbocycles. The van der Waals surface area contributed by atoms with Crippen molar-refractivity contribution in [2.24, 2.45) is 0 Å². The fourth-order valence-corrected chi connectivity index (χ4v) is 1.06. The predicted octanol–water partition coefficient (Wildman–Crippen LogP) is 2.22. The summed E-state index contributed by atoms with van der Waals surface area (Å²) >= 11 is 0. The number of hydrogen-bond donors (Lipinski definition) is 1. The van der Waals surface area contributed by atoms with Crippen LogP contribution in [0.4, 0.5) is 0 Å². The second-order valence-electron chi connectivity index (χ2n) is 2.52. The monoisotopic (exact) mass is 178 g/mol. The van der Waals surface area contributed by atoms with Gasteiger partial charge in [-0.2, -0.15) is 0 Å². The van der Waals surface area contributed by atoms with Crippen LogP contribution in [0.25, 0.3) is 0 Å². The number of benzene rings is 1. The highest BCUT2D eigenvalue weighted by atomic mass is 16.5. The molecule has 0 atom stereocenters. The van der Waals surface area contributed by atoms with E-state index in [-0.39, 0.29) is 5.56 Å². The molecule has 0 aliphatic heterocycles. The van der Waals surface area contributed by atoms with Crippen LogP contribution in [-0.2, 0) is 0 Å². The molecule has 13 heavy (non-hydrogen) atoms. The molecule has 0 saturated heterocycles. The van der Waals surface area contributed by atoms with E-state index in [1.165, 1.54) is 12.3 Å². The van der Waals surface area contributed by atoms with Gasteiger partial charge in [0.25, 0.3) is 0 Å². The van der Waals surface area contributed by atoms with Crippen molar-refractivity contribution in [3.05, 3.63) is 42.2 Å². The van der Waals surface area contributed by atoms with Crippen LogP contribution >= 0.6 is 0 Å². The Kier molecular flexibility index (Phi) is 2.69. The maximum absolute atomic E-state index is 10.7. The van der Waals surface area contributed by atoms with Crippen molar-refractivity contribution in [2.75, 3.05) is 0 Å². The Bertz CT molecular complexity index is 342. The summed E-state index contributed by atoms with van der Waals surface area (Å²) in [6.45, 7) is 5.10. The van der Waals surface area contributed by atoms with Crippen LogP contribution in [0.5, 0.6) is 5.75 Å². The van der Waals surface area contributed by atoms with Crippen molar-refractivity contribution in [3.8, 4) is 5.75 Å². The highest BCUT2D eigenvalue weighted by Crippen LogP contribution is 2.21. The number of rotatable bonds is 3. The molecule has 0 unspecified atom stereocenters. The van der Waals surface area contributed by atoms with E-state index >= 15 is 0 Å². The molecule has 68 valence electrons. The molecular formula is C10H10O3. The van der Waals surface area contributed by atoms with Gasteiger partial charge >= 0.3 is 5.97 Å². The van der Waals surface area contributed by atoms with Gasteiger partial charge < -0.3 is 9.84 Å². The van der Waals surface area contributed by atoms with Crippen molar-refractivity contribution >= 4 is 5.97 Å². The smallest absolute Gasteiger partial charge is 0.336 e. The Morgan fingerprint density at radius 1 is 1.62 bits per heavy atom. The zero-order chi connectivity index (χ0) is 9.84. The zero-order valence-electron chi connectivity index (χ0n) is 7.28. The molecule has 0 bridgehead atoms. The molecule has 0 amide bonds. The second-order valence-corrected chi connectivity index (χ2v) is 2.52. The molecular weight excluding hydrogens is 168 g/mol. The molecule has 3 heteroatoms. The minimum absolute atomic E-state index is 0.249. The highest BCUT2D eigenvalue weighted by molar-refractivity contribution is 5.90. The van der Waals surface area contributed by atoms with E-state index in [1.807, 2.05) is 0 Å². The first-order valence-electron chi connectivity index (χ1n) is 3.77. The van der Waals surface area contributed by atoms with Crippen molar-refractivity contribution in [3.63, 3.8) is 0 Å². The molecule has 0 aliphatic rings. The van der Waals surface area contributed by atoms with E-state index in [1.54, 1.807) is 19.1 Å². The molecule has 0 aromatic heterocycles. The van der Waals surface area contributed by atoms with Crippen LogP contribution in [0.2, 0.25) is 0 Å². The molecule has 1 aromatic carbocycles. The average molecular weight is 178 g/mol. The minimum atomic E-state index is -0.952. The number of hydrogen-bond acceptors (Lipinski definition) is 2. The van der Waals surface area contributed by atoms with Crippen LogP contribution in [0.1, 0.15) is 15.9 Å². The van der Waals surface area contributed by atoms with Gasteiger partial charge in [0.05, 0.1) is 11.8 Å². The largest absolute Gasteiger partial charge is 0.478 e. The molecule has 0 saturated carbocycles. The Morgan fingerprint density at radius 2 is 2.31 bits per heavy atom. The van der Waals surface area contributed by atoms with Crippen molar-refractivity contribution in [1.29, 1.82) is 0 Å². The molecule has 0 heterocycles. The predicted molar refractivity (Wildman–Crippen MR) is 49.0 cm³/mol. The summed E-state index contributed by atoms with van der Waals surface area (Å²) in [6.07, 6.45) is 1.27. The second kappa shape index (κ2) is 3.76. The maximum Gasteiger partial charge on any atom is 0.336 e. The third-order valence-electron chi connectivity index (χ3n) is 1.72. The van der Waals surface area contributed by atoms with Crippen molar-refractivity contribution in [1.82, 2.24) is 0 Å². The average Bonchev–Trinajstić information content (AvgIpc) is 2.08. The molecule has 0 fully saturated rings. The third kappa shape index (κ3) is 1.87. The lowest BCUT2D eigenvalue weighted by Crippen LogP contribution is -2.00. The topological polar surface area (TPSA) is 46.5 Å². The molecule has 1 N–H and O–H groups in total. The van der Waals surface area contributed by atoms with Crippen LogP contribution in [0.15, 0.2) is 31.0 Å². The lowest BCUT2D eigenvalue weighted by atomic mass is 10.1. The number of carbonyl (C=O) groups is 1. The Morgan fingerprint density at radius 3 is 2.85 bits per heavy atom. The first kappa shape index (κ1) is 9.32. The summed E-state index contributed by atoms with van der Waals surface area (Å²) in [5.41, 5.74) is 0.856. The van der Waals surface area contributed by atoms with Gasteiger partial charge in [-0.05, 0) is 19.1 Å². The standard InChI is InChI=1S/C10H10O3/c1-3-13-9-6-4-5-8(7(9)2)10(11)12/h3-6H,1H2,2H3,(H,11,12). The quantitative estimate of drug-likeness (QED) is 0.722. The van der Waals surface area contributed by atoms with Crippen LogP contribution in [0, 0.1) is 6.92 Å². The summed E-state index contributed by atoms with van der Waals surface area (Å²) < 4.78 is 5.03. The maximum atomic E-state index is 10.7. The van der Waals surface area contributed by atoms with Crippen LogP contribution < -0.4 is 4.74 Å². The fourth-order valence-electron chi connectivity index (χ4n) is 1.06. The van der Waals surface area contributed by atoms with E-state index in [2.05, 4.69) is 6.58 Å². The van der Waals surface area contributed by atoms with E-state index in [9.17, 15) is 4.79 Å². The fraction of sp³-hybridized carbons (Fsp3) is 0.100. The van der Waals surface area contributed by atoms with E-state index < -0.39 is 5.97 Å². The summed E-state index contributed by atoms with van der Waals surface area (Å²) in [4.78, 5) is 10.7. The van der Waals surface area contributed by atoms with Crippen molar-refractivity contribution < 1.29 is 14.6 Å². The summed E-state index contributed by atoms with van der Waals surface area (Å²) in [7, 11) is 0. The van der Waals surface area contributed by atoms with Gasteiger partial charge in [0, 0.05) is 5.56 Å².